The third kappa shape index (κ3) is 2.85. The fraction of sp³-hybridized carbons (Fsp3) is 0.273. The molecule has 19 heavy (non-hydrogen) atoms. The Labute approximate surface area is 115 Å². The summed E-state index contributed by atoms with van der Waals surface area (Å²) in [6.45, 7) is 5.18. The predicted molar refractivity (Wildman–Crippen MR) is 75.8 cm³/mol. The number of hydrogen-bond acceptors (Lipinski definition) is 6. The molecule has 0 fully saturated rings. The van der Waals surface area contributed by atoms with Gasteiger partial charge in [0.2, 0.25) is 5.13 Å². The van der Waals surface area contributed by atoms with Crippen LogP contribution in [-0.4, -0.2) is 18.6 Å². The first-order chi connectivity index (χ1) is 8.79. The highest BCUT2D eigenvalue weighted by molar-refractivity contribution is 7.93. The first-order valence-electron chi connectivity index (χ1n) is 5.49. The number of aromatic nitrogens is 2. The van der Waals surface area contributed by atoms with E-state index in [4.69, 9.17) is 5.73 Å². The van der Waals surface area contributed by atoms with E-state index in [-0.39, 0.29) is 10.0 Å². The van der Waals surface area contributed by atoms with Gasteiger partial charge in [-0.3, -0.25) is 4.72 Å². The smallest absolute Gasteiger partial charge is 0.264 e. The van der Waals surface area contributed by atoms with Crippen LogP contribution in [0.15, 0.2) is 17.0 Å². The SMILES string of the molecule is Cc1nnc(NS(=O)(=O)c2c(C)cc(N)cc2C)s1. The van der Waals surface area contributed by atoms with Crippen molar-refractivity contribution in [2.75, 3.05) is 10.5 Å². The van der Waals surface area contributed by atoms with E-state index < -0.39 is 10.0 Å². The lowest BCUT2D eigenvalue weighted by atomic mass is 10.1. The molecule has 0 aliphatic rings. The average Bonchev–Trinajstić information content (AvgIpc) is 2.60. The number of hydrogen-bond donors (Lipinski definition) is 2. The topological polar surface area (TPSA) is 98.0 Å². The number of benzene rings is 1. The summed E-state index contributed by atoms with van der Waals surface area (Å²) in [5.74, 6) is 0. The minimum absolute atomic E-state index is 0.231. The lowest BCUT2D eigenvalue weighted by Gasteiger charge is -2.11. The van der Waals surface area contributed by atoms with E-state index >= 15 is 0 Å². The van der Waals surface area contributed by atoms with Gasteiger partial charge in [0.1, 0.15) is 5.01 Å². The molecule has 0 spiro atoms. The van der Waals surface area contributed by atoms with E-state index in [2.05, 4.69) is 14.9 Å². The molecule has 1 aromatic heterocycles. The van der Waals surface area contributed by atoms with Crippen LogP contribution in [-0.2, 0) is 10.0 Å². The third-order valence-electron chi connectivity index (χ3n) is 2.50. The Hall–Kier alpha value is -1.67. The summed E-state index contributed by atoms with van der Waals surface area (Å²) < 4.78 is 27.1. The molecule has 0 unspecified atom stereocenters. The number of nitrogen functional groups attached to an aromatic ring is 1. The summed E-state index contributed by atoms with van der Waals surface area (Å²) in [5.41, 5.74) is 7.44. The summed E-state index contributed by atoms with van der Waals surface area (Å²) in [5, 5.41) is 8.49. The van der Waals surface area contributed by atoms with E-state index in [1.165, 1.54) is 11.3 Å². The van der Waals surface area contributed by atoms with Gasteiger partial charge in [-0.25, -0.2) is 8.42 Å². The first-order valence-corrected chi connectivity index (χ1v) is 7.79. The zero-order chi connectivity index (χ0) is 14.2. The van der Waals surface area contributed by atoms with Crippen molar-refractivity contribution < 1.29 is 8.42 Å². The molecule has 1 aromatic carbocycles. The van der Waals surface area contributed by atoms with E-state index in [1.54, 1.807) is 32.9 Å². The zero-order valence-electron chi connectivity index (χ0n) is 10.8. The second-order valence-electron chi connectivity index (χ2n) is 4.22. The van der Waals surface area contributed by atoms with Gasteiger partial charge in [-0.2, -0.15) is 0 Å². The molecule has 2 rings (SSSR count). The molecule has 0 bridgehead atoms. The molecule has 3 N–H and O–H groups in total. The number of aryl methyl sites for hydroxylation is 3. The summed E-state index contributed by atoms with van der Waals surface area (Å²) in [6, 6.07) is 3.26. The number of anilines is 2. The molecule has 0 aliphatic carbocycles. The molecule has 0 atom stereocenters. The fourth-order valence-corrected chi connectivity index (χ4v) is 4.19. The van der Waals surface area contributed by atoms with Crippen molar-refractivity contribution in [3.63, 3.8) is 0 Å². The second kappa shape index (κ2) is 4.78. The van der Waals surface area contributed by atoms with Crippen LogP contribution in [0.25, 0.3) is 0 Å². The molecular weight excluding hydrogens is 284 g/mol. The standard InChI is InChI=1S/C11H14N4O2S2/c1-6-4-9(12)5-7(2)10(6)19(16,17)15-11-14-13-8(3)18-11/h4-5H,12H2,1-3H3,(H,14,15). The van der Waals surface area contributed by atoms with Gasteiger partial charge in [-0.15, -0.1) is 10.2 Å². The van der Waals surface area contributed by atoms with Gasteiger partial charge in [0.05, 0.1) is 4.90 Å². The minimum atomic E-state index is -3.68. The minimum Gasteiger partial charge on any atom is -0.399 e. The van der Waals surface area contributed by atoms with E-state index in [1.807, 2.05) is 0 Å². The van der Waals surface area contributed by atoms with Crippen molar-refractivity contribution in [2.45, 2.75) is 25.7 Å². The molecule has 8 heteroatoms. The summed E-state index contributed by atoms with van der Waals surface area (Å²) in [4.78, 5) is 0.231. The Morgan fingerprint density at radius 3 is 2.21 bits per heavy atom. The molecule has 0 amide bonds. The van der Waals surface area contributed by atoms with Gasteiger partial charge >= 0.3 is 0 Å². The number of nitrogens with one attached hydrogen (secondary N) is 1. The maximum atomic E-state index is 12.4. The van der Waals surface area contributed by atoms with Crippen molar-refractivity contribution in [1.29, 1.82) is 0 Å². The number of nitrogens with zero attached hydrogens (tertiary/aromatic N) is 2. The molecule has 1 heterocycles. The quantitative estimate of drug-likeness (QED) is 0.843. The van der Waals surface area contributed by atoms with Crippen molar-refractivity contribution in [1.82, 2.24) is 10.2 Å². The van der Waals surface area contributed by atoms with Crippen LogP contribution in [0.2, 0.25) is 0 Å². The highest BCUT2D eigenvalue weighted by Crippen LogP contribution is 2.26. The molecular formula is C11H14N4O2S2. The normalized spacial score (nSPS) is 11.5. The maximum absolute atomic E-state index is 12.4. The summed E-state index contributed by atoms with van der Waals surface area (Å²) in [7, 11) is -3.68. The molecule has 0 saturated carbocycles. The van der Waals surface area contributed by atoms with Crippen LogP contribution in [0.1, 0.15) is 16.1 Å². The molecule has 0 radical (unpaired) electrons. The monoisotopic (exact) mass is 298 g/mol. The van der Waals surface area contributed by atoms with Gasteiger partial charge < -0.3 is 5.73 Å². The van der Waals surface area contributed by atoms with Gasteiger partial charge in [0, 0.05) is 5.69 Å². The van der Waals surface area contributed by atoms with E-state index in [0.717, 1.165) is 0 Å². The van der Waals surface area contributed by atoms with E-state index in [9.17, 15) is 8.42 Å². The van der Waals surface area contributed by atoms with Crippen LogP contribution >= 0.6 is 11.3 Å². The average molecular weight is 298 g/mol. The van der Waals surface area contributed by atoms with Crippen LogP contribution in [0.4, 0.5) is 10.8 Å². The van der Waals surface area contributed by atoms with Crippen molar-refractivity contribution in [2.24, 2.45) is 0 Å². The van der Waals surface area contributed by atoms with Gasteiger partial charge in [-0.1, -0.05) is 11.3 Å². The Morgan fingerprint density at radius 1 is 1.16 bits per heavy atom. The first kappa shape index (κ1) is 13.8. The molecule has 0 saturated heterocycles. The number of nitrogens with two attached hydrogens (primary N) is 1. The highest BCUT2D eigenvalue weighted by atomic mass is 32.2. The number of rotatable bonds is 3. The third-order valence-corrected chi connectivity index (χ3v) is 5.03. The highest BCUT2D eigenvalue weighted by Gasteiger charge is 2.21. The Kier molecular flexibility index (Phi) is 3.46. The Balaban J connectivity index is 2.45. The predicted octanol–water partition coefficient (Wildman–Crippen LogP) is 1.85. The van der Waals surface area contributed by atoms with Crippen LogP contribution in [0.5, 0.6) is 0 Å². The maximum Gasteiger partial charge on any atom is 0.264 e. The molecule has 6 nitrogen and oxygen atoms in total. The lowest BCUT2D eigenvalue weighted by Crippen LogP contribution is -2.16. The van der Waals surface area contributed by atoms with Crippen molar-refractivity contribution >= 4 is 32.2 Å². The van der Waals surface area contributed by atoms with Crippen molar-refractivity contribution in [3.8, 4) is 0 Å². The van der Waals surface area contributed by atoms with E-state index in [0.29, 0.717) is 21.8 Å². The molecule has 0 aliphatic heterocycles. The van der Waals surface area contributed by atoms with Crippen molar-refractivity contribution in [3.05, 3.63) is 28.3 Å². The Morgan fingerprint density at radius 2 is 1.74 bits per heavy atom. The summed E-state index contributed by atoms with van der Waals surface area (Å²) >= 11 is 1.19. The second-order valence-corrected chi connectivity index (χ2v) is 7.02. The molecule has 2 aromatic rings. The van der Waals surface area contributed by atoms with Gasteiger partial charge in [-0.05, 0) is 44.0 Å². The van der Waals surface area contributed by atoms with Gasteiger partial charge in [0.25, 0.3) is 10.0 Å². The van der Waals surface area contributed by atoms with Crippen LogP contribution in [0, 0.1) is 20.8 Å². The number of sulfonamides is 1. The fourth-order valence-electron chi connectivity index (χ4n) is 1.91. The molecule has 102 valence electrons. The lowest BCUT2D eigenvalue weighted by molar-refractivity contribution is 0.600. The van der Waals surface area contributed by atoms with Crippen LogP contribution < -0.4 is 10.5 Å². The largest absolute Gasteiger partial charge is 0.399 e. The zero-order valence-corrected chi connectivity index (χ0v) is 12.4. The summed E-state index contributed by atoms with van der Waals surface area (Å²) in [6.07, 6.45) is 0. The van der Waals surface area contributed by atoms with Gasteiger partial charge in [0.15, 0.2) is 0 Å². The van der Waals surface area contributed by atoms with Crippen LogP contribution in [0.3, 0.4) is 0 Å². The Bertz CT molecular complexity index is 699.